The van der Waals surface area contributed by atoms with Crippen LogP contribution in [0.4, 0.5) is 0 Å². The summed E-state index contributed by atoms with van der Waals surface area (Å²) in [5, 5.41) is 23.3. The van der Waals surface area contributed by atoms with Gasteiger partial charge in [-0.1, -0.05) is 269 Å². The number of hydrogen-bond acceptors (Lipinski definition) is 5. The van der Waals surface area contributed by atoms with Crippen LogP contribution in [0.2, 0.25) is 0 Å². The second-order valence-electron chi connectivity index (χ2n) is 20.0. The summed E-state index contributed by atoms with van der Waals surface area (Å²) in [7, 11) is 0. The van der Waals surface area contributed by atoms with E-state index in [1.165, 1.54) is 231 Å². The molecule has 0 saturated heterocycles. The van der Waals surface area contributed by atoms with E-state index < -0.39 is 12.1 Å². The number of amides is 1. The van der Waals surface area contributed by atoms with Crippen LogP contribution in [0.5, 0.6) is 0 Å². The molecule has 0 radical (unpaired) electrons. The Labute approximate surface area is 405 Å². The van der Waals surface area contributed by atoms with E-state index in [4.69, 9.17) is 4.74 Å². The molecule has 0 rings (SSSR count). The molecule has 0 aliphatic rings. The van der Waals surface area contributed by atoms with E-state index in [1.54, 1.807) is 0 Å². The van der Waals surface area contributed by atoms with Gasteiger partial charge in [-0.2, -0.15) is 0 Å². The first-order valence-electron chi connectivity index (χ1n) is 29.1. The lowest BCUT2D eigenvalue weighted by Crippen LogP contribution is -2.45. The minimum absolute atomic E-state index is 0.00826. The molecule has 65 heavy (non-hydrogen) atoms. The number of carbonyl (C=O) groups is 2. The van der Waals surface area contributed by atoms with Crippen LogP contribution in [0.25, 0.3) is 0 Å². The van der Waals surface area contributed by atoms with Gasteiger partial charge >= 0.3 is 5.97 Å². The highest BCUT2D eigenvalue weighted by Gasteiger charge is 2.20. The molecule has 0 spiro atoms. The molecule has 0 aromatic heterocycles. The zero-order valence-electron chi connectivity index (χ0n) is 43.7. The smallest absolute Gasteiger partial charge is 0.305 e. The SMILES string of the molecule is CCCCC/C=C\C/C=C\CCCCCCCC(=O)OCCCCCCCCCCCCCCCCCCCC(=O)NC(CO)C(O)CCCCCCCCCCCCCCCCCC. The monoisotopic (exact) mass is 916 g/mol. The van der Waals surface area contributed by atoms with E-state index in [1.807, 2.05) is 0 Å². The van der Waals surface area contributed by atoms with Gasteiger partial charge in [-0.25, -0.2) is 0 Å². The summed E-state index contributed by atoms with van der Waals surface area (Å²) in [5.41, 5.74) is 0. The van der Waals surface area contributed by atoms with Gasteiger partial charge in [0.05, 0.1) is 25.4 Å². The summed E-state index contributed by atoms with van der Waals surface area (Å²) >= 11 is 0. The minimum atomic E-state index is -0.668. The van der Waals surface area contributed by atoms with Crippen molar-refractivity contribution in [3.05, 3.63) is 24.3 Å². The quantitative estimate of drug-likeness (QED) is 0.0321. The minimum Gasteiger partial charge on any atom is -0.466 e. The van der Waals surface area contributed by atoms with Crippen molar-refractivity contribution in [3.63, 3.8) is 0 Å². The third kappa shape index (κ3) is 51.6. The Kier molecular flexibility index (Phi) is 53.5. The number of unbranched alkanes of at least 4 members (excludes halogenated alkanes) is 39. The Morgan fingerprint density at radius 1 is 0.431 bits per heavy atom. The van der Waals surface area contributed by atoms with Gasteiger partial charge in [0.15, 0.2) is 0 Å². The molecule has 0 bridgehead atoms. The Hall–Kier alpha value is -1.66. The van der Waals surface area contributed by atoms with Gasteiger partial charge < -0.3 is 20.3 Å². The fourth-order valence-corrected chi connectivity index (χ4v) is 9.02. The van der Waals surface area contributed by atoms with E-state index in [0.29, 0.717) is 25.9 Å². The highest BCUT2D eigenvalue weighted by molar-refractivity contribution is 5.76. The van der Waals surface area contributed by atoms with Gasteiger partial charge in [-0.05, 0) is 57.8 Å². The van der Waals surface area contributed by atoms with Gasteiger partial charge in [-0.15, -0.1) is 0 Å². The molecular weight excluding hydrogens is 803 g/mol. The first kappa shape index (κ1) is 63.3. The highest BCUT2D eigenvalue weighted by Crippen LogP contribution is 2.17. The molecule has 0 saturated carbocycles. The van der Waals surface area contributed by atoms with Crippen LogP contribution >= 0.6 is 0 Å². The predicted octanol–water partition coefficient (Wildman–Crippen LogP) is 17.9. The topological polar surface area (TPSA) is 95.9 Å². The van der Waals surface area contributed by atoms with Crippen molar-refractivity contribution in [2.75, 3.05) is 13.2 Å². The van der Waals surface area contributed by atoms with Crippen LogP contribution in [0.3, 0.4) is 0 Å². The molecule has 0 aromatic carbocycles. The summed E-state index contributed by atoms with van der Waals surface area (Å²) in [6.45, 7) is 4.92. The number of carbonyl (C=O) groups excluding carboxylic acids is 2. The summed E-state index contributed by atoms with van der Waals surface area (Å²) in [6.07, 6.45) is 65.9. The fourth-order valence-electron chi connectivity index (χ4n) is 9.02. The van der Waals surface area contributed by atoms with Crippen LogP contribution in [-0.4, -0.2) is 47.4 Å². The zero-order chi connectivity index (χ0) is 47.2. The molecular formula is C59H113NO5. The maximum absolute atomic E-state index is 12.5. The molecule has 2 unspecified atom stereocenters. The molecule has 6 nitrogen and oxygen atoms in total. The van der Waals surface area contributed by atoms with E-state index in [2.05, 4.69) is 43.5 Å². The maximum Gasteiger partial charge on any atom is 0.305 e. The average Bonchev–Trinajstić information content (AvgIpc) is 3.31. The van der Waals surface area contributed by atoms with Crippen molar-refractivity contribution < 1.29 is 24.5 Å². The Morgan fingerprint density at radius 2 is 0.769 bits per heavy atom. The van der Waals surface area contributed by atoms with Crippen LogP contribution in [-0.2, 0) is 14.3 Å². The van der Waals surface area contributed by atoms with Crippen molar-refractivity contribution >= 4 is 11.9 Å². The largest absolute Gasteiger partial charge is 0.466 e. The van der Waals surface area contributed by atoms with Gasteiger partial charge in [0.2, 0.25) is 5.91 Å². The molecule has 0 heterocycles. The number of nitrogens with one attached hydrogen (secondary N) is 1. The Bertz CT molecular complexity index is 1010. The second-order valence-corrected chi connectivity index (χ2v) is 20.0. The van der Waals surface area contributed by atoms with Crippen molar-refractivity contribution in [1.29, 1.82) is 0 Å². The number of allylic oxidation sites excluding steroid dienone is 4. The third-order valence-corrected chi connectivity index (χ3v) is 13.5. The number of esters is 1. The lowest BCUT2D eigenvalue weighted by Gasteiger charge is -2.22. The number of hydrogen-bond donors (Lipinski definition) is 3. The highest BCUT2D eigenvalue weighted by atomic mass is 16.5. The molecule has 0 fully saturated rings. The fraction of sp³-hybridized carbons (Fsp3) is 0.898. The standard InChI is InChI=1S/C59H113NO5/c1-3-5-7-9-11-13-15-17-19-24-27-31-35-39-43-47-51-57(62)56(55-61)60-58(63)52-48-44-40-36-32-28-25-21-20-22-26-30-34-38-42-46-50-54-65-59(64)53-49-45-41-37-33-29-23-18-16-14-12-10-8-6-4-2/h12,14,18,23,56-57,61-62H,3-11,13,15-17,19-22,24-55H2,1-2H3,(H,60,63)/b14-12-,23-18-. The second kappa shape index (κ2) is 54.9. The molecule has 0 aliphatic carbocycles. The first-order valence-corrected chi connectivity index (χ1v) is 29.1. The number of ether oxygens (including phenoxy) is 1. The molecule has 2 atom stereocenters. The summed E-state index contributed by atoms with van der Waals surface area (Å²) in [4.78, 5) is 24.5. The van der Waals surface area contributed by atoms with Crippen LogP contribution < -0.4 is 5.32 Å². The molecule has 1 amide bonds. The summed E-state index contributed by atoms with van der Waals surface area (Å²) < 4.78 is 5.47. The lowest BCUT2D eigenvalue weighted by atomic mass is 10.0. The van der Waals surface area contributed by atoms with E-state index in [9.17, 15) is 19.8 Å². The van der Waals surface area contributed by atoms with E-state index in [0.717, 1.165) is 51.4 Å². The Balaban J connectivity index is 3.42. The van der Waals surface area contributed by atoms with Gasteiger partial charge in [0.25, 0.3) is 0 Å². The Morgan fingerprint density at radius 3 is 1.20 bits per heavy atom. The maximum atomic E-state index is 12.5. The molecule has 0 aromatic rings. The van der Waals surface area contributed by atoms with Crippen LogP contribution in [0.15, 0.2) is 24.3 Å². The van der Waals surface area contributed by atoms with Crippen molar-refractivity contribution in [2.45, 2.75) is 328 Å². The lowest BCUT2D eigenvalue weighted by molar-refractivity contribution is -0.143. The molecule has 3 N–H and O–H groups in total. The van der Waals surface area contributed by atoms with Gasteiger partial charge in [0, 0.05) is 12.8 Å². The van der Waals surface area contributed by atoms with Gasteiger partial charge in [0.1, 0.15) is 0 Å². The average molecular weight is 917 g/mol. The van der Waals surface area contributed by atoms with Crippen LogP contribution in [0, 0.1) is 0 Å². The molecule has 6 heteroatoms. The first-order chi connectivity index (χ1) is 32.0. The summed E-state index contributed by atoms with van der Waals surface area (Å²) in [5.74, 6) is -0.0472. The normalized spacial score (nSPS) is 12.7. The predicted molar refractivity (Wildman–Crippen MR) is 283 cm³/mol. The van der Waals surface area contributed by atoms with Crippen molar-refractivity contribution in [1.82, 2.24) is 5.32 Å². The number of aliphatic hydroxyl groups excluding tert-OH is 2. The number of aliphatic hydroxyl groups is 2. The van der Waals surface area contributed by atoms with Crippen molar-refractivity contribution in [2.24, 2.45) is 0 Å². The molecule has 0 aliphatic heterocycles. The number of rotatable bonds is 54. The van der Waals surface area contributed by atoms with Gasteiger partial charge in [-0.3, -0.25) is 9.59 Å². The molecule has 384 valence electrons. The van der Waals surface area contributed by atoms with E-state index in [-0.39, 0.29) is 18.5 Å². The summed E-state index contributed by atoms with van der Waals surface area (Å²) in [6, 6.07) is -0.546. The van der Waals surface area contributed by atoms with Crippen molar-refractivity contribution in [3.8, 4) is 0 Å². The van der Waals surface area contributed by atoms with E-state index >= 15 is 0 Å². The zero-order valence-corrected chi connectivity index (χ0v) is 43.7. The third-order valence-electron chi connectivity index (χ3n) is 13.5. The van der Waals surface area contributed by atoms with Crippen LogP contribution in [0.1, 0.15) is 316 Å².